The molecule has 6 nitrogen and oxygen atoms in total. The largest absolute Gasteiger partial charge is 0.465 e. The summed E-state index contributed by atoms with van der Waals surface area (Å²) in [7, 11) is 4.69. The standard InChI is InChI=1S/C29H29FO6S/c1-32-15-26(33-2)28(34-3)20-9-21(30)12-22(10-20)35-13-17-4-5-23-19(8-17)11-24-25(14-36-29(24)31)27(23)18-6-7-37-16-18/h4-7,9-10,12-13,16,24,26,28H,8,11,14-15H2,1-3H3/t24?,26-,28+/m1/s1. The number of cyclic esters (lactones) is 1. The minimum absolute atomic E-state index is 0.159. The van der Waals surface area contributed by atoms with Crippen molar-refractivity contribution >= 4 is 22.9 Å². The summed E-state index contributed by atoms with van der Waals surface area (Å²) in [6.45, 7) is 0.649. The van der Waals surface area contributed by atoms with E-state index in [1.807, 2.05) is 11.5 Å². The minimum atomic E-state index is -0.525. The summed E-state index contributed by atoms with van der Waals surface area (Å²) in [5.41, 5.74) is 7.15. The van der Waals surface area contributed by atoms with E-state index in [4.69, 9.17) is 23.7 Å². The predicted octanol–water partition coefficient (Wildman–Crippen LogP) is 5.79. The summed E-state index contributed by atoms with van der Waals surface area (Å²) in [6.07, 6.45) is 6.08. The number of halogens is 1. The Morgan fingerprint density at radius 1 is 1.19 bits per heavy atom. The van der Waals surface area contributed by atoms with E-state index in [9.17, 15) is 9.18 Å². The van der Waals surface area contributed by atoms with E-state index >= 15 is 0 Å². The molecule has 3 aliphatic rings. The zero-order valence-corrected chi connectivity index (χ0v) is 21.8. The molecule has 0 bridgehead atoms. The number of carbonyl (C=O) groups is 1. The third-order valence-corrected chi connectivity index (χ3v) is 7.67. The third-order valence-electron chi connectivity index (χ3n) is 6.98. The molecule has 0 spiro atoms. The first-order chi connectivity index (χ1) is 18.0. The number of ether oxygens (including phenoxy) is 5. The fraction of sp³-hybridized carbons (Fsp3) is 0.345. The molecule has 194 valence electrons. The van der Waals surface area contributed by atoms with Crippen LogP contribution in [0.4, 0.5) is 4.39 Å². The van der Waals surface area contributed by atoms with Crippen LogP contribution < -0.4 is 4.74 Å². The van der Waals surface area contributed by atoms with Crippen LogP contribution in [0.15, 0.2) is 75.7 Å². The van der Waals surface area contributed by atoms with Gasteiger partial charge in [0.05, 0.1) is 18.8 Å². The van der Waals surface area contributed by atoms with Crippen LogP contribution in [0, 0.1) is 11.7 Å². The van der Waals surface area contributed by atoms with Crippen LogP contribution in [0.2, 0.25) is 0 Å². The topological polar surface area (TPSA) is 63.2 Å². The summed E-state index contributed by atoms with van der Waals surface area (Å²) >= 11 is 1.63. The first-order valence-electron chi connectivity index (χ1n) is 12.1. The molecule has 1 fully saturated rings. The van der Waals surface area contributed by atoms with E-state index in [0.29, 0.717) is 37.4 Å². The number of fused-ring (bicyclic) bond motifs is 1. The van der Waals surface area contributed by atoms with E-state index < -0.39 is 18.0 Å². The molecule has 0 N–H and O–H groups in total. The Morgan fingerprint density at radius 2 is 2.05 bits per heavy atom. The lowest BCUT2D eigenvalue weighted by Gasteiger charge is -2.28. The average molecular weight is 525 g/mol. The van der Waals surface area contributed by atoms with Gasteiger partial charge in [0, 0.05) is 27.4 Å². The molecule has 1 aliphatic heterocycles. The van der Waals surface area contributed by atoms with E-state index in [0.717, 1.165) is 27.9 Å². The number of rotatable bonds is 9. The number of benzene rings is 1. The Labute approximate surface area is 219 Å². The van der Waals surface area contributed by atoms with Crippen LogP contribution in [0.5, 0.6) is 5.75 Å². The minimum Gasteiger partial charge on any atom is -0.465 e. The van der Waals surface area contributed by atoms with Gasteiger partial charge < -0.3 is 23.7 Å². The smallest absolute Gasteiger partial charge is 0.313 e. The Morgan fingerprint density at radius 3 is 2.78 bits per heavy atom. The maximum absolute atomic E-state index is 14.5. The highest BCUT2D eigenvalue weighted by molar-refractivity contribution is 7.08. The molecular weight excluding hydrogens is 495 g/mol. The normalized spacial score (nSPS) is 21.7. The molecule has 2 heterocycles. The fourth-order valence-corrected chi connectivity index (χ4v) is 5.90. The highest BCUT2D eigenvalue weighted by Gasteiger charge is 2.39. The molecule has 0 amide bonds. The Bertz CT molecular complexity index is 1290. The maximum Gasteiger partial charge on any atom is 0.313 e. The molecule has 0 radical (unpaired) electrons. The van der Waals surface area contributed by atoms with Crippen molar-refractivity contribution in [2.24, 2.45) is 5.92 Å². The van der Waals surface area contributed by atoms with Crippen LogP contribution in [0.3, 0.4) is 0 Å². The zero-order valence-electron chi connectivity index (χ0n) is 21.0. The molecule has 1 aromatic heterocycles. The van der Waals surface area contributed by atoms with Crippen molar-refractivity contribution in [3.05, 3.63) is 92.7 Å². The van der Waals surface area contributed by atoms with Crippen molar-refractivity contribution < 1.29 is 32.9 Å². The second-order valence-electron chi connectivity index (χ2n) is 9.22. The van der Waals surface area contributed by atoms with Crippen LogP contribution in [-0.4, -0.2) is 46.6 Å². The molecule has 2 aliphatic carbocycles. The van der Waals surface area contributed by atoms with Crippen LogP contribution in [0.1, 0.15) is 30.1 Å². The highest BCUT2D eigenvalue weighted by atomic mass is 32.1. The number of hydrogen-bond acceptors (Lipinski definition) is 7. The van der Waals surface area contributed by atoms with E-state index in [1.54, 1.807) is 45.0 Å². The van der Waals surface area contributed by atoms with Gasteiger partial charge in [-0.05, 0) is 75.2 Å². The maximum atomic E-state index is 14.5. The highest BCUT2D eigenvalue weighted by Crippen LogP contribution is 2.47. The lowest BCUT2D eigenvalue weighted by atomic mass is 9.74. The zero-order chi connectivity index (χ0) is 25.9. The summed E-state index contributed by atoms with van der Waals surface area (Å²) in [4.78, 5) is 12.4. The summed E-state index contributed by atoms with van der Waals surface area (Å²) in [5.74, 6) is -0.475. The Kier molecular flexibility index (Phi) is 7.71. The first-order valence-corrected chi connectivity index (χ1v) is 13.0. The van der Waals surface area contributed by atoms with Crippen molar-refractivity contribution in [3.63, 3.8) is 0 Å². The van der Waals surface area contributed by atoms with Gasteiger partial charge in [-0.3, -0.25) is 4.79 Å². The predicted molar refractivity (Wildman–Crippen MR) is 139 cm³/mol. The lowest BCUT2D eigenvalue weighted by Crippen LogP contribution is -2.27. The second kappa shape index (κ2) is 11.1. The Hall–Kier alpha value is -3.04. The number of esters is 1. The summed E-state index contributed by atoms with van der Waals surface area (Å²) < 4.78 is 42.1. The molecule has 2 aromatic rings. The molecule has 5 rings (SSSR count). The van der Waals surface area contributed by atoms with Gasteiger partial charge in [0.15, 0.2) is 0 Å². The lowest BCUT2D eigenvalue weighted by molar-refractivity contribution is -0.141. The number of methoxy groups -OCH3 is 3. The second-order valence-corrected chi connectivity index (χ2v) is 10.0. The van der Waals surface area contributed by atoms with Crippen molar-refractivity contribution in [1.29, 1.82) is 0 Å². The Balaban J connectivity index is 1.38. The third kappa shape index (κ3) is 5.20. The molecule has 3 atom stereocenters. The average Bonchev–Trinajstić information content (AvgIpc) is 3.56. The van der Waals surface area contributed by atoms with Gasteiger partial charge in [-0.2, -0.15) is 11.3 Å². The van der Waals surface area contributed by atoms with Crippen molar-refractivity contribution in [2.45, 2.75) is 25.0 Å². The van der Waals surface area contributed by atoms with Crippen LogP contribution in [-0.2, 0) is 23.7 Å². The van der Waals surface area contributed by atoms with Gasteiger partial charge in [0.1, 0.15) is 30.4 Å². The molecular formula is C29H29FO6S. The van der Waals surface area contributed by atoms with Crippen LogP contribution in [0.25, 0.3) is 5.57 Å². The van der Waals surface area contributed by atoms with Gasteiger partial charge in [-0.15, -0.1) is 0 Å². The van der Waals surface area contributed by atoms with Gasteiger partial charge in [-0.1, -0.05) is 17.7 Å². The molecule has 1 unspecified atom stereocenters. The monoisotopic (exact) mass is 524 g/mol. The fourth-order valence-electron chi connectivity index (χ4n) is 5.25. The number of carbonyl (C=O) groups excluding carboxylic acids is 1. The quantitative estimate of drug-likeness (QED) is 0.306. The molecule has 37 heavy (non-hydrogen) atoms. The molecule has 1 saturated heterocycles. The van der Waals surface area contributed by atoms with E-state index in [2.05, 4.69) is 17.5 Å². The summed E-state index contributed by atoms with van der Waals surface area (Å²) in [6, 6.07) is 6.57. The van der Waals surface area contributed by atoms with Crippen LogP contribution >= 0.6 is 11.3 Å². The van der Waals surface area contributed by atoms with Crippen molar-refractivity contribution in [1.82, 2.24) is 0 Å². The van der Waals surface area contributed by atoms with Crippen molar-refractivity contribution in [2.75, 3.05) is 34.5 Å². The van der Waals surface area contributed by atoms with E-state index in [1.165, 1.54) is 17.7 Å². The number of thiophene rings is 1. The molecule has 8 heteroatoms. The van der Waals surface area contributed by atoms with Gasteiger partial charge >= 0.3 is 5.97 Å². The molecule has 1 aromatic carbocycles. The van der Waals surface area contributed by atoms with Gasteiger partial charge in [0.2, 0.25) is 0 Å². The number of allylic oxidation sites excluding steroid dienone is 6. The van der Waals surface area contributed by atoms with Gasteiger partial charge in [-0.25, -0.2) is 4.39 Å². The van der Waals surface area contributed by atoms with Gasteiger partial charge in [0.25, 0.3) is 0 Å². The first kappa shape index (κ1) is 25.6. The molecule has 0 saturated carbocycles. The van der Waals surface area contributed by atoms with Crippen molar-refractivity contribution in [3.8, 4) is 5.75 Å². The number of hydrogen-bond donors (Lipinski definition) is 0. The summed E-state index contributed by atoms with van der Waals surface area (Å²) in [5, 5.41) is 4.15. The van der Waals surface area contributed by atoms with E-state index in [-0.39, 0.29) is 11.9 Å². The SMILES string of the molecule is COC[C@@H](OC)[C@@H](OC)c1cc(F)cc(OC=C2C=CC3=C(C2)CC2C(=O)OCC2=C3c2ccsc2)c1.